The van der Waals surface area contributed by atoms with Gasteiger partial charge in [0.15, 0.2) is 0 Å². The largest absolute Gasteiger partial charge is 0.493 e. The summed E-state index contributed by atoms with van der Waals surface area (Å²) in [5.41, 5.74) is 0.345. The second kappa shape index (κ2) is 8.03. The third-order valence-corrected chi connectivity index (χ3v) is 5.92. The summed E-state index contributed by atoms with van der Waals surface area (Å²) in [6, 6.07) is 15.5. The molecule has 1 aliphatic rings. The number of nitrogens with zero attached hydrogens (tertiary/aromatic N) is 1. The second-order valence-corrected chi connectivity index (χ2v) is 8.24. The highest BCUT2D eigenvalue weighted by molar-refractivity contribution is 7.91. The van der Waals surface area contributed by atoms with E-state index < -0.39 is 15.6 Å². The van der Waals surface area contributed by atoms with Gasteiger partial charge in [-0.2, -0.15) is 8.78 Å². The van der Waals surface area contributed by atoms with Gasteiger partial charge in [-0.1, -0.05) is 30.3 Å². The zero-order valence-electron chi connectivity index (χ0n) is 14.2. The van der Waals surface area contributed by atoms with Crippen LogP contribution < -0.4 is 9.64 Å². The highest BCUT2D eigenvalue weighted by Crippen LogP contribution is 2.32. The number of rotatable bonds is 6. The number of alkyl halides is 2. The van der Waals surface area contributed by atoms with E-state index in [0.717, 1.165) is 18.6 Å². The summed E-state index contributed by atoms with van der Waals surface area (Å²) in [5, 5.41) is 0. The molecular weight excluding hydrogens is 360 g/mol. The van der Waals surface area contributed by atoms with Gasteiger partial charge in [0.2, 0.25) is 9.84 Å². The molecule has 3 rings (SSSR count). The lowest BCUT2D eigenvalue weighted by molar-refractivity contribution is 0.228. The van der Waals surface area contributed by atoms with Gasteiger partial charge in [-0.15, -0.1) is 0 Å². The number of hydrogen-bond acceptors (Lipinski definition) is 4. The standard InChI is InChI=1S/C19H21F2NO3S/c20-19(21)26(23,24)18-11-5-4-10-17(18)22-12-6-7-15(13-22)14-25-16-8-2-1-3-9-16/h1-5,8-11,15,19H,6-7,12-14H2. The van der Waals surface area contributed by atoms with Crippen molar-refractivity contribution in [2.24, 2.45) is 5.92 Å². The molecule has 0 bridgehead atoms. The summed E-state index contributed by atoms with van der Waals surface area (Å²) in [4.78, 5) is 1.57. The lowest BCUT2D eigenvalue weighted by Gasteiger charge is -2.35. The molecule has 1 aliphatic heterocycles. The number of ether oxygens (including phenoxy) is 1. The minimum absolute atomic E-state index is 0.200. The number of hydrogen-bond donors (Lipinski definition) is 0. The molecule has 2 aromatic carbocycles. The van der Waals surface area contributed by atoms with E-state index >= 15 is 0 Å². The predicted octanol–water partition coefficient (Wildman–Crippen LogP) is 3.98. The van der Waals surface area contributed by atoms with Crippen molar-refractivity contribution < 1.29 is 21.9 Å². The highest BCUT2D eigenvalue weighted by Gasteiger charge is 2.32. The first-order valence-electron chi connectivity index (χ1n) is 8.52. The molecule has 140 valence electrons. The predicted molar refractivity (Wildman–Crippen MR) is 96.5 cm³/mol. The molecule has 1 heterocycles. The molecule has 0 aromatic heterocycles. The molecule has 0 spiro atoms. The summed E-state index contributed by atoms with van der Waals surface area (Å²) in [7, 11) is -4.64. The van der Waals surface area contributed by atoms with E-state index in [9.17, 15) is 17.2 Å². The van der Waals surface area contributed by atoms with Crippen LogP contribution in [0.25, 0.3) is 0 Å². The first-order valence-corrected chi connectivity index (χ1v) is 10.1. The zero-order chi connectivity index (χ0) is 18.6. The molecular formula is C19H21F2NO3S. The van der Waals surface area contributed by atoms with Crippen LogP contribution in [0.3, 0.4) is 0 Å². The Balaban J connectivity index is 1.74. The number of para-hydroxylation sites is 2. The van der Waals surface area contributed by atoms with Gasteiger partial charge in [-0.05, 0) is 37.1 Å². The monoisotopic (exact) mass is 381 g/mol. The minimum atomic E-state index is -4.64. The average Bonchev–Trinajstić information content (AvgIpc) is 2.67. The minimum Gasteiger partial charge on any atom is -0.493 e. The van der Waals surface area contributed by atoms with E-state index in [1.807, 2.05) is 35.2 Å². The molecule has 0 radical (unpaired) electrons. The lowest BCUT2D eigenvalue weighted by Crippen LogP contribution is -2.38. The van der Waals surface area contributed by atoms with E-state index in [2.05, 4.69) is 0 Å². The molecule has 1 fully saturated rings. The van der Waals surface area contributed by atoms with Crippen LogP contribution in [0.5, 0.6) is 5.75 Å². The summed E-state index contributed by atoms with van der Waals surface area (Å²) in [6.45, 7) is 1.71. The van der Waals surface area contributed by atoms with Gasteiger partial charge in [0.05, 0.1) is 17.2 Å². The molecule has 1 atom stereocenters. The van der Waals surface area contributed by atoms with Crippen LogP contribution in [0.1, 0.15) is 12.8 Å². The molecule has 7 heteroatoms. The van der Waals surface area contributed by atoms with Gasteiger partial charge in [0.1, 0.15) is 5.75 Å². The van der Waals surface area contributed by atoms with Gasteiger partial charge in [0, 0.05) is 19.0 Å². The van der Waals surface area contributed by atoms with Crippen LogP contribution in [0, 0.1) is 5.92 Å². The van der Waals surface area contributed by atoms with Crippen molar-refractivity contribution in [2.45, 2.75) is 23.5 Å². The lowest BCUT2D eigenvalue weighted by atomic mass is 9.98. The van der Waals surface area contributed by atoms with Crippen LogP contribution >= 0.6 is 0 Å². The fraction of sp³-hybridized carbons (Fsp3) is 0.368. The maximum atomic E-state index is 13.0. The third-order valence-electron chi connectivity index (χ3n) is 4.49. The van der Waals surface area contributed by atoms with Crippen LogP contribution in [0.4, 0.5) is 14.5 Å². The Bertz CT molecular complexity index is 828. The van der Waals surface area contributed by atoms with Crippen molar-refractivity contribution in [3.05, 3.63) is 54.6 Å². The molecule has 0 amide bonds. The fourth-order valence-corrected chi connectivity index (χ4v) is 4.15. The summed E-state index contributed by atoms with van der Waals surface area (Å²) < 4.78 is 55.8. The maximum absolute atomic E-state index is 13.0. The number of piperidine rings is 1. The number of anilines is 1. The van der Waals surface area contributed by atoms with E-state index in [0.29, 0.717) is 25.4 Å². The van der Waals surface area contributed by atoms with Crippen LogP contribution in [-0.2, 0) is 9.84 Å². The van der Waals surface area contributed by atoms with Crippen molar-refractivity contribution in [3.8, 4) is 5.75 Å². The number of halogens is 2. The van der Waals surface area contributed by atoms with Crippen molar-refractivity contribution >= 4 is 15.5 Å². The highest BCUT2D eigenvalue weighted by atomic mass is 32.2. The van der Waals surface area contributed by atoms with Crippen molar-refractivity contribution in [3.63, 3.8) is 0 Å². The molecule has 0 aliphatic carbocycles. The van der Waals surface area contributed by atoms with Gasteiger partial charge in [-0.3, -0.25) is 0 Å². The molecule has 1 saturated heterocycles. The molecule has 4 nitrogen and oxygen atoms in total. The van der Waals surface area contributed by atoms with Gasteiger partial charge in [0.25, 0.3) is 0 Å². The Morgan fingerprint density at radius 3 is 2.50 bits per heavy atom. The molecule has 0 saturated carbocycles. The van der Waals surface area contributed by atoms with Crippen LogP contribution in [-0.4, -0.2) is 33.9 Å². The molecule has 26 heavy (non-hydrogen) atoms. The normalized spacial score (nSPS) is 18.1. The fourth-order valence-electron chi connectivity index (χ4n) is 3.21. The van der Waals surface area contributed by atoms with E-state index in [-0.39, 0.29) is 10.8 Å². The molecule has 0 N–H and O–H groups in total. The second-order valence-electron chi connectivity index (χ2n) is 6.35. The Kier molecular flexibility index (Phi) is 5.76. The maximum Gasteiger partial charge on any atom is 0.341 e. The van der Waals surface area contributed by atoms with E-state index in [1.165, 1.54) is 12.1 Å². The first-order chi connectivity index (χ1) is 12.5. The third kappa shape index (κ3) is 4.15. The topological polar surface area (TPSA) is 46.6 Å². The Morgan fingerprint density at radius 2 is 1.77 bits per heavy atom. The van der Waals surface area contributed by atoms with E-state index in [1.54, 1.807) is 12.1 Å². The summed E-state index contributed by atoms with van der Waals surface area (Å²) in [5.74, 6) is -2.44. The molecule has 1 unspecified atom stereocenters. The average molecular weight is 381 g/mol. The zero-order valence-corrected chi connectivity index (χ0v) is 15.0. The van der Waals surface area contributed by atoms with Gasteiger partial charge < -0.3 is 9.64 Å². The molecule has 2 aromatic rings. The van der Waals surface area contributed by atoms with E-state index in [4.69, 9.17) is 4.74 Å². The van der Waals surface area contributed by atoms with Gasteiger partial charge in [-0.25, -0.2) is 8.42 Å². The van der Waals surface area contributed by atoms with Gasteiger partial charge >= 0.3 is 5.76 Å². The van der Waals surface area contributed by atoms with Crippen molar-refractivity contribution in [1.82, 2.24) is 0 Å². The number of benzene rings is 2. The quantitative estimate of drug-likeness (QED) is 0.759. The SMILES string of the molecule is O=S(=O)(c1ccccc1N1CCCC(COc2ccccc2)C1)C(F)F. The Morgan fingerprint density at radius 1 is 1.08 bits per heavy atom. The Labute approximate surface area is 152 Å². The van der Waals surface area contributed by atoms with Crippen LogP contribution in [0.15, 0.2) is 59.5 Å². The summed E-state index contributed by atoms with van der Waals surface area (Å²) >= 11 is 0. The van der Waals surface area contributed by atoms with Crippen molar-refractivity contribution in [2.75, 3.05) is 24.6 Å². The first kappa shape index (κ1) is 18.6. The Hall–Kier alpha value is -2.15. The number of sulfone groups is 1. The van der Waals surface area contributed by atoms with Crippen LogP contribution in [0.2, 0.25) is 0 Å². The smallest absolute Gasteiger partial charge is 0.341 e. The van der Waals surface area contributed by atoms with Crippen molar-refractivity contribution in [1.29, 1.82) is 0 Å². The summed E-state index contributed by atoms with van der Waals surface area (Å²) in [6.07, 6.45) is 1.80.